The molecule has 0 heterocycles. The van der Waals surface area contributed by atoms with E-state index in [1.54, 1.807) is 6.08 Å². The number of allylic oxidation sites excluding steroid dienone is 6. The van der Waals surface area contributed by atoms with Crippen molar-refractivity contribution in [3.05, 3.63) is 35.7 Å². The molecular weight excluding hydrogens is 139 g/mol. The van der Waals surface area contributed by atoms with E-state index < -0.39 is 0 Å². The first-order chi connectivity index (χ1) is 5.20. The molecule has 0 spiro atoms. The van der Waals surface area contributed by atoms with Gasteiger partial charge in [0.2, 0.25) is 0 Å². The maximum atomic E-state index is 12.8. The van der Waals surface area contributed by atoms with Crippen molar-refractivity contribution < 1.29 is 4.39 Å². The topological polar surface area (TPSA) is 0 Å². The summed E-state index contributed by atoms with van der Waals surface area (Å²) in [5.74, 6) is -0.178. The lowest BCUT2D eigenvalue weighted by Crippen LogP contribution is -1.69. The lowest BCUT2D eigenvalue weighted by molar-refractivity contribution is 0.665. The number of rotatable bonds is 3. The molecule has 0 aromatic heterocycles. The zero-order valence-corrected chi connectivity index (χ0v) is 7.39. The van der Waals surface area contributed by atoms with Crippen LogP contribution in [-0.4, -0.2) is 0 Å². The van der Waals surface area contributed by atoms with Crippen LogP contribution in [0.3, 0.4) is 0 Å². The molecule has 0 saturated carbocycles. The van der Waals surface area contributed by atoms with Crippen LogP contribution in [0.15, 0.2) is 35.7 Å². The number of hydrogen-bond acceptors (Lipinski definition) is 0. The van der Waals surface area contributed by atoms with Crippen LogP contribution < -0.4 is 0 Å². The van der Waals surface area contributed by atoms with Crippen molar-refractivity contribution in [1.82, 2.24) is 0 Å². The number of hydrogen-bond donors (Lipinski definition) is 0. The van der Waals surface area contributed by atoms with E-state index >= 15 is 0 Å². The van der Waals surface area contributed by atoms with Gasteiger partial charge in [0.15, 0.2) is 0 Å². The van der Waals surface area contributed by atoms with Gasteiger partial charge in [-0.15, -0.1) is 0 Å². The first-order valence-electron chi connectivity index (χ1n) is 3.87. The third-order valence-corrected chi connectivity index (χ3v) is 1.33. The molecule has 0 atom stereocenters. The van der Waals surface area contributed by atoms with E-state index in [0.29, 0.717) is 0 Å². The minimum absolute atomic E-state index is 0.178. The molecule has 0 aliphatic rings. The van der Waals surface area contributed by atoms with Crippen molar-refractivity contribution in [2.45, 2.75) is 27.2 Å². The summed E-state index contributed by atoms with van der Waals surface area (Å²) < 4.78 is 12.8. The van der Waals surface area contributed by atoms with Crippen LogP contribution in [-0.2, 0) is 0 Å². The molecule has 0 rings (SSSR count). The molecule has 0 aromatic carbocycles. The molecular formula is C10H15F. The van der Waals surface area contributed by atoms with Crippen molar-refractivity contribution in [3.8, 4) is 0 Å². The van der Waals surface area contributed by atoms with Gasteiger partial charge in [-0.3, -0.25) is 0 Å². The van der Waals surface area contributed by atoms with Crippen molar-refractivity contribution in [3.63, 3.8) is 0 Å². The highest BCUT2D eigenvalue weighted by atomic mass is 19.1. The Hall–Kier alpha value is -0.850. The second-order valence-electron chi connectivity index (χ2n) is 2.37. The highest BCUT2D eigenvalue weighted by Gasteiger charge is 1.86. The summed E-state index contributed by atoms with van der Waals surface area (Å²) in [5.41, 5.74) is 0.947. The molecule has 0 aliphatic heterocycles. The van der Waals surface area contributed by atoms with E-state index in [2.05, 4.69) is 0 Å². The molecule has 0 amide bonds. The zero-order valence-electron chi connectivity index (χ0n) is 7.39. The highest BCUT2D eigenvalue weighted by molar-refractivity contribution is 5.23. The van der Waals surface area contributed by atoms with Gasteiger partial charge >= 0.3 is 0 Å². The molecule has 11 heavy (non-hydrogen) atoms. The molecule has 1 heteroatoms. The average molecular weight is 154 g/mol. The predicted octanol–water partition coefficient (Wildman–Crippen LogP) is 3.77. The van der Waals surface area contributed by atoms with Crippen molar-refractivity contribution in [2.75, 3.05) is 0 Å². The highest BCUT2D eigenvalue weighted by Crippen LogP contribution is 2.04. The predicted molar refractivity (Wildman–Crippen MR) is 48.1 cm³/mol. The van der Waals surface area contributed by atoms with Gasteiger partial charge in [0.1, 0.15) is 5.83 Å². The molecule has 0 unspecified atom stereocenters. The maximum absolute atomic E-state index is 12.8. The normalized spacial score (nSPS) is 14.5. The van der Waals surface area contributed by atoms with E-state index in [9.17, 15) is 4.39 Å². The maximum Gasteiger partial charge on any atom is 0.123 e. The Morgan fingerprint density at radius 1 is 1.45 bits per heavy atom. The van der Waals surface area contributed by atoms with Gasteiger partial charge in [0, 0.05) is 0 Å². The Morgan fingerprint density at radius 2 is 2.09 bits per heavy atom. The Balaban J connectivity index is 4.11. The van der Waals surface area contributed by atoms with Gasteiger partial charge in [-0.1, -0.05) is 24.6 Å². The van der Waals surface area contributed by atoms with Crippen molar-refractivity contribution in [2.24, 2.45) is 0 Å². The van der Waals surface area contributed by atoms with Crippen LogP contribution in [0.1, 0.15) is 27.2 Å². The van der Waals surface area contributed by atoms with Crippen LogP contribution in [0.5, 0.6) is 0 Å². The van der Waals surface area contributed by atoms with E-state index in [1.165, 1.54) is 12.2 Å². The molecule has 0 aromatic rings. The molecule has 0 radical (unpaired) electrons. The molecule has 0 saturated heterocycles. The fourth-order valence-electron chi connectivity index (χ4n) is 0.579. The molecule has 0 N–H and O–H groups in total. The third kappa shape index (κ3) is 5.59. The summed E-state index contributed by atoms with van der Waals surface area (Å²) in [5, 5.41) is 0. The second-order valence-corrected chi connectivity index (χ2v) is 2.37. The molecule has 0 nitrogen and oxygen atoms in total. The molecule has 0 aliphatic carbocycles. The summed E-state index contributed by atoms with van der Waals surface area (Å²) in [7, 11) is 0. The second kappa shape index (κ2) is 5.90. The third-order valence-electron chi connectivity index (χ3n) is 1.33. The Labute approximate surface area is 68.1 Å². The van der Waals surface area contributed by atoms with Crippen molar-refractivity contribution in [1.29, 1.82) is 0 Å². The van der Waals surface area contributed by atoms with Crippen LogP contribution in [0.4, 0.5) is 4.39 Å². The summed E-state index contributed by atoms with van der Waals surface area (Å²) in [6.07, 6.45) is 7.56. The molecule has 62 valence electrons. The Morgan fingerprint density at radius 3 is 2.55 bits per heavy atom. The summed E-state index contributed by atoms with van der Waals surface area (Å²) in [6, 6.07) is 0. The summed E-state index contributed by atoms with van der Waals surface area (Å²) in [4.78, 5) is 0. The van der Waals surface area contributed by atoms with Gasteiger partial charge in [0.05, 0.1) is 0 Å². The van der Waals surface area contributed by atoms with E-state index in [-0.39, 0.29) is 5.83 Å². The van der Waals surface area contributed by atoms with Crippen LogP contribution in [0.25, 0.3) is 0 Å². The monoisotopic (exact) mass is 154 g/mol. The summed E-state index contributed by atoms with van der Waals surface area (Å²) in [6.45, 7) is 5.74. The SMILES string of the molecule is C/C=C(C)/C=C(F)\C=C/CC. The largest absolute Gasteiger partial charge is 0.207 e. The van der Waals surface area contributed by atoms with E-state index in [1.807, 2.05) is 26.8 Å². The van der Waals surface area contributed by atoms with Gasteiger partial charge < -0.3 is 0 Å². The quantitative estimate of drug-likeness (QED) is 0.543. The van der Waals surface area contributed by atoms with Crippen LogP contribution >= 0.6 is 0 Å². The average Bonchev–Trinajstić information content (AvgIpc) is 2.00. The molecule has 0 fully saturated rings. The fraction of sp³-hybridized carbons (Fsp3) is 0.400. The van der Waals surface area contributed by atoms with Crippen LogP contribution in [0.2, 0.25) is 0 Å². The Kier molecular flexibility index (Phi) is 5.44. The fourth-order valence-corrected chi connectivity index (χ4v) is 0.579. The van der Waals surface area contributed by atoms with Gasteiger partial charge in [-0.25, -0.2) is 4.39 Å². The van der Waals surface area contributed by atoms with Gasteiger partial charge in [-0.05, 0) is 32.4 Å². The molecule has 0 bridgehead atoms. The summed E-state index contributed by atoms with van der Waals surface area (Å²) >= 11 is 0. The van der Waals surface area contributed by atoms with Crippen molar-refractivity contribution >= 4 is 0 Å². The first kappa shape index (κ1) is 10.2. The minimum atomic E-state index is -0.178. The minimum Gasteiger partial charge on any atom is -0.207 e. The van der Waals surface area contributed by atoms with Gasteiger partial charge in [-0.2, -0.15) is 0 Å². The van der Waals surface area contributed by atoms with E-state index in [4.69, 9.17) is 0 Å². The number of halogens is 1. The zero-order chi connectivity index (χ0) is 8.69. The lowest BCUT2D eigenvalue weighted by Gasteiger charge is -1.88. The lowest BCUT2D eigenvalue weighted by atomic mass is 10.2. The van der Waals surface area contributed by atoms with Gasteiger partial charge in [0.25, 0.3) is 0 Å². The smallest absolute Gasteiger partial charge is 0.123 e. The first-order valence-corrected chi connectivity index (χ1v) is 3.87. The van der Waals surface area contributed by atoms with Crippen LogP contribution in [0, 0.1) is 0 Å². The standard InChI is InChI=1S/C10H15F/c1-4-6-7-10(11)8-9(3)5-2/h5-8H,4H2,1-3H3/b7-6-,9-5+,10-8+. The Bertz CT molecular complexity index is 185. The van der Waals surface area contributed by atoms with E-state index in [0.717, 1.165) is 12.0 Å².